The van der Waals surface area contributed by atoms with E-state index in [-0.39, 0.29) is 16.9 Å². The third-order valence-electron chi connectivity index (χ3n) is 3.65. The van der Waals surface area contributed by atoms with Crippen molar-refractivity contribution in [2.75, 3.05) is 5.73 Å². The lowest BCUT2D eigenvalue weighted by Gasteiger charge is -2.24. The molecule has 0 saturated carbocycles. The Labute approximate surface area is 115 Å². The van der Waals surface area contributed by atoms with Gasteiger partial charge in [-0.15, -0.1) is 0 Å². The van der Waals surface area contributed by atoms with Gasteiger partial charge in [-0.05, 0) is 30.0 Å². The molecule has 3 nitrogen and oxygen atoms in total. The van der Waals surface area contributed by atoms with Crippen LogP contribution in [0.1, 0.15) is 32.8 Å². The van der Waals surface area contributed by atoms with Gasteiger partial charge >= 0.3 is 6.18 Å². The first-order chi connectivity index (χ1) is 9.14. The Morgan fingerprint density at radius 3 is 2.45 bits per heavy atom. The molecule has 6 heteroatoms. The van der Waals surface area contributed by atoms with E-state index in [4.69, 9.17) is 5.73 Å². The molecule has 1 heterocycles. The maximum Gasteiger partial charge on any atom is 0.416 e. The van der Waals surface area contributed by atoms with E-state index in [2.05, 4.69) is 25.8 Å². The molecule has 0 amide bonds. The van der Waals surface area contributed by atoms with Crippen LogP contribution in [0.5, 0.6) is 0 Å². The highest BCUT2D eigenvalue weighted by Gasteiger charge is 2.31. The summed E-state index contributed by atoms with van der Waals surface area (Å²) in [5.74, 6) is 0.251. The number of alkyl halides is 3. The van der Waals surface area contributed by atoms with Crippen LogP contribution in [0.3, 0.4) is 0 Å². The van der Waals surface area contributed by atoms with Crippen molar-refractivity contribution in [3.05, 3.63) is 23.8 Å². The van der Waals surface area contributed by atoms with E-state index in [1.54, 1.807) is 4.57 Å². The number of nitrogens with two attached hydrogens (primary N) is 1. The van der Waals surface area contributed by atoms with E-state index in [0.717, 1.165) is 18.6 Å². The first kappa shape index (κ1) is 14.7. The molecule has 1 aromatic carbocycles. The van der Waals surface area contributed by atoms with Crippen molar-refractivity contribution in [1.82, 2.24) is 9.55 Å². The maximum absolute atomic E-state index is 12.7. The van der Waals surface area contributed by atoms with Crippen molar-refractivity contribution < 1.29 is 13.2 Å². The zero-order valence-corrected chi connectivity index (χ0v) is 11.8. The van der Waals surface area contributed by atoms with Crippen LogP contribution in [0.4, 0.5) is 19.1 Å². The summed E-state index contributed by atoms with van der Waals surface area (Å²) in [6.07, 6.45) is -3.43. The molecule has 20 heavy (non-hydrogen) atoms. The predicted molar refractivity (Wildman–Crippen MR) is 73.2 cm³/mol. The molecule has 0 saturated heterocycles. The van der Waals surface area contributed by atoms with Gasteiger partial charge in [-0.25, -0.2) is 4.98 Å². The Kier molecular flexibility index (Phi) is 3.44. The molecule has 0 radical (unpaired) electrons. The van der Waals surface area contributed by atoms with Gasteiger partial charge in [-0.2, -0.15) is 13.2 Å². The topological polar surface area (TPSA) is 43.8 Å². The number of anilines is 1. The summed E-state index contributed by atoms with van der Waals surface area (Å²) in [4.78, 5) is 4.05. The highest BCUT2D eigenvalue weighted by molar-refractivity contribution is 5.79. The minimum absolute atomic E-state index is 0.00441. The van der Waals surface area contributed by atoms with E-state index in [9.17, 15) is 13.2 Å². The number of hydrogen-bond donors (Lipinski definition) is 1. The second-order valence-electron chi connectivity index (χ2n) is 5.78. The average molecular weight is 285 g/mol. The molecule has 0 aliphatic carbocycles. The van der Waals surface area contributed by atoms with Gasteiger partial charge in [0, 0.05) is 6.54 Å². The molecule has 0 atom stereocenters. The number of imidazole rings is 1. The summed E-state index contributed by atoms with van der Waals surface area (Å²) in [5.41, 5.74) is 6.06. The fourth-order valence-corrected chi connectivity index (χ4v) is 2.03. The van der Waals surface area contributed by atoms with Gasteiger partial charge in [0.1, 0.15) is 0 Å². The first-order valence-electron chi connectivity index (χ1n) is 6.47. The van der Waals surface area contributed by atoms with E-state index >= 15 is 0 Å². The molecule has 0 aliphatic rings. The molecule has 2 N–H and O–H groups in total. The minimum atomic E-state index is -4.37. The van der Waals surface area contributed by atoms with E-state index < -0.39 is 11.7 Å². The molecule has 0 spiro atoms. The standard InChI is InChI=1S/C14H18F3N3/c1-4-13(2,3)8-20-11-6-5-9(14(15,16)17)7-10(11)19-12(20)18/h5-7H,4,8H2,1-3H3,(H2,18,19). The van der Waals surface area contributed by atoms with Gasteiger partial charge in [0.25, 0.3) is 0 Å². The number of fused-ring (bicyclic) bond motifs is 1. The van der Waals surface area contributed by atoms with E-state index in [1.807, 2.05) is 0 Å². The summed E-state index contributed by atoms with van der Waals surface area (Å²) in [6.45, 7) is 6.86. The van der Waals surface area contributed by atoms with Crippen molar-refractivity contribution in [1.29, 1.82) is 0 Å². The van der Waals surface area contributed by atoms with Crippen LogP contribution in [0.2, 0.25) is 0 Å². The van der Waals surface area contributed by atoms with Gasteiger partial charge in [0.15, 0.2) is 0 Å². The van der Waals surface area contributed by atoms with Crippen LogP contribution in [0, 0.1) is 5.41 Å². The third-order valence-corrected chi connectivity index (χ3v) is 3.65. The molecule has 0 aliphatic heterocycles. The molecule has 0 bridgehead atoms. The number of hydrogen-bond acceptors (Lipinski definition) is 2. The average Bonchev–Trinajstić information content (AvgIpc) is 2.64. The normalized spacial score (nSPS) is 13.1. The largest absolute Gasteiger partial charge is 0.416 e. The van der Waals surface area contributed by atoms with Crippen molar-refractivity contribution in [3.63, 3.8) is 0 Å². The lowest BCUT2D eigenvalue weighted by Crippen LogP contribution is -2.19. The quantitative estimate of drug-likeness (QED) is 0.923. The SMILES string of the molecule is CCC(C)(C)Cn1c(N)nc2cc(C(F)(F)F)ccc21. The Hall–Kier alpha value is -1.72. The molecular weight excluding hydrogens is 267 g/mol. The number of nitrogen functional groups attached to an aromatic ring is 1. The summed E-state index contributed by atoms with van der Waals surface area (Å²) < 4.78 is 39.8. The number of nitrogens with zero attached hydrogens (tertiary/aromatic N) is 2. The lowest BCUT2D eigenvalue weighted by molar-refractivity contribution is -0.137. The van der Waals surface area contributed by atoms with Gasteiger partial charge in [0.05, 0.1) is 16.6 Å². The monoisotopic (exact) mass is 285 g/mol. The van der Waals surface area contributed by atoms with Gasteiger partial charge in [-0.3, -0.25) is 0 Å². The second-order valence-corrected chi connectivity index (χ2v) is 5.78. The third kappa shape index (κ3) is 2.73. The second kappa shape index (κ2) is 4.68. The molecule has 110 valence electrons. The van der Waals surface area contributed by atoms with Crippen LogP contribution < -0.4 is 5.73 Å². The van der Waals surface area contributed by atoms with Crippen molar-refractivity contribution in [3.8, 4) is 0 Å². The molecule has 1 aromatic heterocycles. The minimum Gasteiger partial charge on any atom is -0.369 e. The van der Waals surface area contributed by atoms with Crippen LogP contribution in [-0.4, -0.2) is 9.55 Å². The van der Waals surface area contributed by atoms with E-state index in [1.165, 1.54) is 6.07 Å². The Bertz CT molecular complexity index is 626. The molecule has 0 unspecified atom stereocenters. The van der Waals surface area contributed by atoms with Crippen LogP contribution in [-0.2, 0) is 12.7 Å². The van der Waals surface area contributed by atoms with Crippen molar-refractivity contribution in [2.45, 2.75) is 39.9 Å². The summed E-state index contributed by atoms with van der Waals surface area (Å²) in [7, 11) is 0. The Balaban J connectivity index is 2.51. The number of halogens is 3. The zero-order valence-electron chi connectivity index (χ0n) is 11.8. The fraction of sp³-hybridized carbons (Fsp3) is 0.500. The number of aromatic nitrogens is 2. The van der Waals surface area contributed by atoms with Gasteiger partial charge < -0.3 is 10.3 Å². The number of benzene rings is 1. The van der Waals surface area contributed by atoms with Crippen LogP contribution >= 0.6 is 0 Å². The van der Waals surface area contributed by atoms with Crippen molar-refractivity contribution >= 4 is 17.0 Å². The number of rotatable bonds is 3. The maximum atomic E-state index is 12.7. The van der Waals surface area contributed by atoms with Gasteiger partial charge in [-0.1, -0.05) is 20.8 Å². The summed E-state index contributed by atoms with van der Waals surface area (Å²) in [5, 5.41) is 0. The smallest absolute Gasteiger partial charge is 0.369 e. The predicted octanol–water partition coefficient (Wildman–Crippen LogP) is 4.07. The van der Waals surface area contributed by atoms with Crippen molar-refractivity contribution in [2.24, 2.45) is 5.41 Å². The van der Waals surface area contributed by atoms with Crippen LogP contribution in [0.25, 0.3) is 11.0 Å². The summed E-state index contributed by atoms with van der Waals surface area (Å²) in [6, 6.07) is 3.55. The zero-order chi connectivity index (χ0) is 15.1. The lowest BCUT2D eigenvalue weighted by atomic mass is 9.90. The highest BCUT2D eigenvalue weighted by Crippen LogP contribution is 2.33. The molecule has 2 aromatic rings. The highest BCUT2D eigenvalue weighted by atomic mass is 19.4. The fourth-order valence-electron chi connectivity index (χ4n) is 2.03. The Morgan fingerprint density at radius 1 is 1.25 bits per heavy atom. The Morgan fingerprint density at radius 2 is 1.90 bits per heavy atom. The molecular formula is C14H18F3N3. The van der Waals surface area contributed by atoms with Crippen LogP contribution in [0.15, 0.2) is 18.2 Å². The van der Waals surface area contributed by atoms with E-state index in [0.29, 0.717) is 12.1 Å². The molecule has 2 rings (SSSR count). The first-order valence-corrected chi connectivity index (χ1v) is 6.47. The molecule has 0 fully saturated rings. The van der Waals surface area contributed by atoms with Gasteiger partial charge in [0.2, 0.25) is 5.95 Å². The summed E-state index contributed by atoms with van der Waals surface area (Å²) >= 11 is 0.